The Morgan fingerprint density at radius 3 is 2.18 bits per heavy atom. The Bertz CT molecular complexity index is 295. The van der Waals surface area contributed by atoms with Crippen molar-refractivity contribution in [3.8, 4) is 0 Å². The molecular formula is C14H22O2S. The second-order valence-corrected chi connectivity index (χ2v) is 4.97. The van der Waals surface area contributed by atoms with Gasteiger partial charge in [-0.25, -0.2) is 4.79 Å². The molecule has 0 aromatic heterocycles. The van der Waals surface area contributed by atoms with Crippen LogP contribution in [-0.2, 0) is 9.53 Å². The number of rotatable bonds is 9. The van der Waals surface area contributed by atoms with Crippen LogP contribution in [0, 0.1) is 0 Å². The van der Waals surface area contributed by atoms with Crippen molar-refractivity contribution in [2.24, 2.45) is 0 Å². The second kappa shape index (κ2) is 8.40. The first-order chi connectivity index (χ1) is 8.24. The summed E-state index contributed by atoms with van der Waals surface area (Å²) in [4.78, 5) is 10.9. The molecule has 0 fully saturated rings. The van der Waals surface area contributed by atoms with Gasteiger partial charge < -0.3 is 4.74 Å². The maximum absolute atomic E-state index is 10.9. The van der Waals surface area contributed by atoms with E-state index in [1.54, 1.807) is 0 Å². The van der Waals surface area contributed by atoms with Crippen LogP contribution in [0.4, 0.5) is 0 Å². The van der Waals surface area contributed by atoms with Crippen LogP contribution in [0.25, 0.3) is 0 Å². The highest BCUT2D eigenvalue weighted by Gasteiger charge is 2.18. The van der Waals surface area contributed by atoms with Gasteiger partial charge in [0.05, 0.1) is 0 Å². The topological polar surface area (TPSA) is 26.3 Å². The molecular weight excluding hydrogens is 232 g/mol. The Kier molecular flexibility index (Phi) is 7.10. The molecule has 0 atom stereocenters. The zero-order chi connectivity index (χ0) is 12.5. The van der Waals surface area contributed by atoms with Crippen molar-refractivity contribution in [3.05, 3.63) is 11.6 Å². The monoisotopic (exact) mass is 254 g/mol. The SMILES string of the molecule is CCCCCCCCCCC1=CC(=O)OC1=S. The first-order valence-corrected chi connectivity index (χ1v) is 7.11. The van der Waals surface area contributed by atoms with Crippen LogP contribution < -0.4 is 0 Å². The average Bonchev–Trinajstić information content (AvgIpc) is 2.61. The number of esters is 1. The summed E-state index contributed by atoms with van der Waals surface area (Å²) in [6, 6.07) is 0. The minimum atomic E-state index is -0.301. The summed E-state index contributed by atoms with van der Waals surface area (Å²) in [7, 11) is 0. The van der Waals surface area contributed by atoms with Gasteiger partial charge in [-0.3, -0.25) is 0 Å². The number of thiocarbonyl (C=S) groups is 1. The van der Waals surface area contributed by atoms with Gasteiger partial charge in [0.25, 0.3) is 0 Å². The van der Waals surface area contributed by atoms with Crippen molar-refractivity contribution in [2.75, 3.05) is 0 Å². The zero-order valence-electron chi connectivity index (χ0n) is 10.7. The summed E-state index contributed by atoms with van der Waals surface area (Å²) in [5.74, 6) is -0.301. The fraction of sp³-hybridized carbons (Fsp3) is 0.714. The molecule has 2 nitrogen and oxygen atoms in total. The molecule has 0 N–H and O–H groups in total. The third-order valence-electron chi connectivity index (χ3n) is 3.05. The predicted octanol–water partition coefficient (Wildman–Crippen LogP) is 4.33. The first kappa shape index (κ1) is 14.4. The maximum Gasteiger partial charge on any atom is 0.337 e. The quantitative estimate of drug-likeness (QED) is 0.348. The average molecular weight is 254 g/mol. The van der Waals surface area contributed by atoms with E-state index in [1.807, 2.05) is 0 Å². The fourth-order valence-electron chi connectivity index (χ4n) is 2.01. The molecule has 0 aromatic carbocycles. The number of hydrogen-bond donors (Lipinski definition) is 0. The first-order valence-electron chi connectivity index (χ1n) is 6.70. The molecule has 0 amide bonds. The van der Waals surface area contributed by atoms with E-state index in [2.05, 4.69) is 6.92 Å². The van der Waals surface area contributed by atoms with Gasteiger partial charge in [0.2, 0.25) is 0 Å². The molecule has 0 saturated heterocycles. The highest BCUT2D eigenvalue weighted by Crippen LogP contribution is 2.18. The molecule has 1 aliphatic rings. The number of carbonyl (C=O) groups excluding carboxylic acids is 1. The molecule has 1 heterocycles. The van der Waals surface area contributed by atoms with Gasteiger partial charge in [-0.2, -0.15) is 0 Å². The predicted molar refractivity (Wildman–Crippen MR) is 74.0 cm³/mol. The van der Waals surface area contributed by atoms with E-state index >= 15 is 0 Å². The fourth-order valence-corrected chi connectivity index (χ4v) is 2.25. The van der Waals surface area contributed by atoms with Crippen LogP contribution in [0.15, 0.2) is 11.6 Å². The van der Waals surface area contributed by atoms with Crippen LogP contribution in [0.1, 0.15) is 64.7 Å². The number of hydrogen-bond acceptors (Lipinski definition) is 3. The Morgan fingerprint density at radius 1 is 1.06 bits per heavy atom. The molecule has 0 bridgehead atoms. The lowest BCUT2D eigenvalue weighted by Crippen LogP contribution is -1.99. The van der Waals surface area contributed by atoms with Crippen molar-refractivity contribution >= 4 is 23.2 Å². The smallest absolute Gasteiger partial charge is 0.337 e. The molecule has 0 spiro atoms. The molecule has 96 valence electrons. The third-order valence-corrected chi connectivity index (χ3v) is 3.39. The van der Waals surface area contributed by atoms with Gasteiger partial charge in [-0.15, -0.1) is 0 Å². The third kappa shape index (κ3) is 5.97. The van der Waals surface area contributed by atoms with Gasteiger partial charge in [-0.05, 0) is 25.1 Å². The summed E-state index contributed by atoms with van der Waals surface area (Å²) in [5.41, 5.74) is 0.913. The normalized spacial score (nSPS) is 15.0. The molecule has 17 heavy (non-hydrogen) atoms. The second-order valence-electron chi connectivity index (χ2n) is 4.60. The van der Waals surface area contributed by atoms with Gasteiger partial charge >= 0.3 is 5.97 Å². The number of unbranched alkanes of at least 4 members (excludes halogenated alkanes) is 7. The standard InChI is InChI=1S/C14H22O2S/c1-2-3-4-5-6-7-8-9-10-12-11-13(15)16-14(12)17/h11H,2-10H2,1H3. The van der Waals surface area contributed by atoms with Gasteiger partial charge in [-0.1, -0.05) is 51.9 Å². The van der Waals surface area contributed by atoms with E-state index < -0.39 is 0 Å². The Morgan fingerprint density at radius 2 is 1.65 bits per heavy atom. The van der Waals surface area contributed by atoms with Crippen LogP contribution >= 0.6 is 12.2 Å². The van der Waals surface area contributed by atoms with Crippen LogP contribution in [-0.4, -0.2) is 11.0 Å². The highest BCUT2D eigenvalue weighted by molar-refractivity contribution is 7.80. The lowest BCUT2D eigenvalue weighted by Gasteiger charge is -2.02. The molecule has 0 aliphatic carbocycles. The van der Waals surface area contributed by atoms with E-state index in [0.717, 1.165) is 18.4 Å². The van der Waals surface area contributed by atoms with E-state index in [4.69, 9.17) is 17.0 Å². The summed E-state index contributed by atoms with van der Waals surface area (Å²) < 4.78 is 4.80. The van der Waals surface area contributed by atoms with E-state index in [0.29, 0.717) is 5.05 Å². The largest absolute Gasteiger partial charge is 0.411 e. The molecule has 0 unspecified atom stereocenters. The summed E-state index contributed by atoms with van der Waals surface area (Å²) in [5, 5.41) is 0.387. The van der Waals surface area contributed by atoms with Crippen LogP contribution in [0.5, 0.6) is 0 Å². The lowest BCUT2D eigenvalue weighted by molar-refractivity contribution is -0.129. The van der Waals surface area contributed by atoms with Gasteiger partial charge in [0.1, 0.15) is 0 Å². The summed E-state index contributed by atoms with van der Waals surface area (Å²) in [6.07, 6.45) is 12.8. The van der Waals surface area contributed by atoms with E-state index in [-0.39, 0.29) is 5.97 Å². The summed E-state index contributed by atoms with van der Waals surface area (Å²) in [6.45, 7) is 2.24. The molecule has 1 aliphatic heterocycles. The van der Waals surface area contributed by atoms with Gasteiger partial charge in [0.15, 0.2) is 5.05 Å². The van der Waals surface area contributed by atoms with Crippen LogP contribution in [0.2, 0.25) is 0 Å². The molecule has 0 radical (unpaired) electrons. The summed E-state index contributed by atoms with van der Waals surface area (Å²) >= 11 is 4.95. The number of cyclic esters (lactones) is 1. The minimum absolute atomic E-state index is 0.301. The Hall–Kier alpha value is -0.700. The van der Waals surface area contributed by atoms with Crippen molar-refractivity contribution in [2.45, 2.75) is 64.7 Å². The maximum atomic E-state index is 10.9. The van der Waals surface area contributed by atoms with Crippen molar-refractivity contribution in [1.82, 2.24) is 0 Å². The Balaban J connectivity index is 1.96. The van der Waals surface area contributed by atoms with E-state index in [9.17, 15) is 4.79 Å². The number of carbonyl (C=O) groups is 1. The highest BCUT2D eigenvalue weighted by atomic mass is 32.1. The van der Waals surface area contributed by atoms with Crippen LogP contribution in [0.3, 0.4) is 0 Å². The van der Waals surface area contributed by atoms with Gasteiger partial charge in [0, 0.05) is 11.6 Å². The molecule has 0 aromatic rings. The Labute approximate surface area is 109 Å². The minimum Gasteiger partial charge on any atom is -0.411 e. The number of ether oxygens (including phenoxy) is 1. The molecule has 0 saturated carbocycles. The molecule has 3 heteroatoms. The van der Waals surface area contributed by atoms with Crippen molar-refractivity contribution in [1.29, 1.82) is 0 Å². The van der Waals surface area contributed by atoms with Crippen molar-refractivity contribution in [3.63, 3.8) is 0 Å². The molecule has 1 rings (SSSR count). The van der Waals surface area contributed by atoms with Crippen molar-refractivity contribution < 1.29 is 9.53 Å². The zero-order valence-corrected chi connectivity index (χ0v) is 11.5. The van der Waals surface area contributed by atoms with E-state index in [1.165, 1.54) is 51.0 Å². The lowest BCUT2D eigenvalue weighted by atomic mass is 10.0.